The van der Waals surface area contributed by atoms with Crippen LogP contribution in [0.3, 0.4) is 0 Å². The van der Waals surface area contributed by atoms with E-state index in [9.17, 15) is 0 Å². The van der Waals surface area contributed by atoms with Crippen molar-refractivity contribution in [2.75, 3.05) is 13.2 Å². The number of benzene rings is 4. The van der Waals surface area contributed by atoms with E-state index < -0.39 is 0 Å². The Bertz CT molecular complexity index is 1080. The van der Waals surface area contributed by atoms with Crippen LogP contribution in [0.5, 0.6) is 0 Å². The normalized spacial score (nSPS) is 20.7. The Morgan fingerprint density at radius 1 is 0.485 bits per heavy atom. The first-order valence-electron chi connectivity index (χ1n) is 11.5. The summed E-state index contributed by atoms with van der Waals surface area (Å²) in [4.78, 5) is 0. The quantitative estimate of drug-likeness (QED) is 0.292. The molecule has 3 nitrogen and oxygen atoms in total. The average molecular weight is 435 g/mol. The van der Waals surface area contributed by atoms with Crippen LogP contribution < -0.4 is 0 Å². The molecule has 2 fully saturated rings. The molecule has 6 rings (SSSR count). The molecule has 0 spiro atoms. The van der Waals surface area contributed by atoms with Gasteiger partial charge in [-0.2, -0.15) is 0 Å². The molecule has 2 aliphatic heterocycles. The first-order valence-corrected chi connectivity index (χ1v) is 11.5. The van der Waals surface area contributed by atoms with Gasteiger partial charge in [0.15, 0.2) is 0 Å². The lowest BCUT2D eigenvalue weighted by molar-refractivity contribution is -0.0419. The molecule has 0 aliphatic carbocycles. The Kier molecular flexibility index (Phi) is 5.53. The highest BCUT2D eigenvalue weighted by Crippen LogP contribution is 2.41. The van der Waals surface area contributed by atoms with Crippen LogP contribution in [0.25, 0.3) is 22.3 Å². The molecule has 2 aliphatic rings. The van der Waals surface area contributed by atoms with E-state index in [1.165, 1.54) is 22.3 Å². The van der Waals surface area contributed by atoms with Crippen molar-refractivity contribution >= 4 is 0 Å². The van der Waals surface area contributed by atoms with Gasteiger partial charge >= 0.3 is 0 Å². The lowest BCUT2D eigenvalue weighted by Gasteiger charge is -2.24. The Hall–Kier alpha value is -3.24. The Morgan fingerprint density at radius 2 is 0.818 bits per heavy atom. The van der Waals surface area contributed by atoms with Crippen LogP contribution >= 0.6 is 0 Å². The summed E-state index contributed by atoms with van der Waals surface area (Å²) in [5.74, 6) is 0. The van der Waals surface area contributed by atoms with E-state index >= 15 is 0 Å². The maximum absolute atomic E-state index is 6.71. The number of hydrogen-bond donors (Lipinski definition) is 0. The second kappa shape index (κ2) is 8.95. The minimum Gasteiger partial charge on any atom is -0.370 e. The molecule has 0 N–H and O–H groups in total. The molecule has 2 saturated heterocycles. The van der Waals surface area contributed by atoms with Crippen LogP contribution in [0, 0.1) is 0 Å². The van der Waals surface area contributed by atoms with Gasteiger partial charge in [0.25, 0.3) is 0 Å². The third kappa shape index (κ3) is 4.62. The molecule has 2 heterocycles. The summed E-state index contributed by atoms with van der Waals surface area (Å²) in [5.41, 5.74) is 7.12. The lowest BCUT2D eigenvalue weighted by atomic mass is 9.99. The summed E-state index contributed by atoms with van der Waals surface area (Å²) in [5, 5.41) is 0. The third-order valence-corrected chi connectivity index (χ3v) is 6.38. The van der Waals surface area contributed by atoms with E-state index in [2.05, 4.69) is 97.1 Å². The van der Waals surface area contributed by atoms with Gasteiger partial charge in [-0.05, 0) is 33.4 Å². The molecule has 164 valence electrons. The first-order chi connectivity index (χ1) is 16.3. The van der Waals surface area contributed by atoms with E-state index in [4.69, 9.17) is 14.2 Å². The highest BCUT2D eigenvalue weighted by atomic mass is 16.6. The van der Waals surface area contributed by atoms with Gasteiger partial charge in [0, 0.05) is 0 Å². The van der Waals surface area contributed by atoms with Crippen LogP contribution in [-0.2, 0) is 14.2 Å². The summed E-state index contributed by atoms with van der Waals surface area (Å²) in [6, 6.07) is 38.2. The first kappa shape index (κ1) is 20.4. The van der Waals surface area contributed by atoms with Gasteiger partial charge < -0.3 is 14.2 Å². The van der Waals surface area contributed by atoms with Crippen molar-refractivity contribution in [3.8, 4) is 22.3 Å². The number of rotatable bonds is 8. The standard InChI is InChI=1S/C30H26O3/c1-3-7-21(8-4-1)23-11-15-25(16-12-23)29(27-19-31-27)33-30(28-20-32-28)26-17-13-24(14-18-26)22-9-5-2-6-10-22/h1-18,27-30H,19-20H2. The molecule has 0 radical (unpaired) electrons. The van der Waals surface area contributed by atoms with Crippen LogP contribution in [0.15, 0.2) is 109 Å². The fraction of sp³-hybridized carbons (Fsp3) is 0.200. The fourth-order valence-corrected chi connectivity index (χ4v) is 4.37. The van der Waals surface area contributed by atoms with E-state index in [1.54, 1.807) is 0 Å². The number of epoxide rings is 2. The number of hydrogen-bond acceptors (Lipinski definition) is 3. The maximum atomic E-state index is 6.71. The molecule has 4 aromatic rings. The van der Waals surface area contributed by atoms with Crippen LogP contribution in [-0.4, -0.2) is 25.4 Å². The zero-order chi connectivity index (χ0) is 22.0. The van der Waals surface area contributed by atoms with Gasteiger partial charge in [-0.3, -0.25) is 0 Å². The highest BCUT2D eigenvalue weighted by Gasteiger charge is 2.42. The molecule has 4 unspecified atom stereocenters. The largest absolute Gasteiger partial charge is 0.370 e. The van der Waals surface area contributed by atoms with Gasteiger partial charge in [0.2, 0.25) is 0 Å². The zero-order valence-electron chi connectivity index (χ0n) is 18.3. The van der Waals surface area contributed by atoms with Crippen molar-refractivity contribution in [1.29, 1.82) is 0 Å². The topological polar surface area (TPSA) is 34.3 Å². The van der Waals surface area contributed by atoms with Crippen molar-refractivity contribution in [3.63, 3.8) is 0 Å². The maximum Gasteiger partial charge on any atom is 0.112 e. The van der Waals surface area contributed by atoms with E-state index in [-0.39, 0.29) is 24.4 Å². The lowest BCUT2D eigenvalue weighted by Crippen LogP contribution is -2.19. The molecule has 3 heteroatoms. The van der Waals surface area contributed by atoms with E-state index in [0.29, 0.717) is 0 Å². The molecule has 0 amide bonds. The minimum atomic E-state index is -0.113. The fourth-order valence-electron chi connectivity index (χ4n) is 4.37. The second-order valence-corrected chi connectivity index (χ2v) is 8.70. The van der Waals surface area contributed by atoms with Crippen LogP contribution in [0.4, 0.5) is 0 Å². The molecular formula is C30H26O3. The van der Waals surface area contributed by atoms with Crippen molar-refractivity contribution in [2.45, 2.75) is 24.4 Å². The smallest absolute Gasteiger partial charge is 0.112 e. The van der Waals surface area contributed by atoms with Gasteiger partial charge in [0.05, 0.1) is 13.2 Å². The minimum absolute atomic E-state index is 0.0948. The van der Waals surface area contributed by atoms with Gasteiger partial charge in [-0.1, -0.05) is 109 Å². The van der Waals surface area contributed by atoms with Gasteiger partial charge in [-0.15, -0.1) is 0 Å². The molecule has 0 bridgehead atoms. The Labute approximate surface area is 194 Å². The van der Waals surface area contributed by atoms with E-state index in [1.807, 2.05) is 12.1 Å². The SMILES string of the molecule is c1ccc(-c2ccc(C(OC(c3ccc(-c4ccccc4)cc3)C3CO3)C3CO3)cc2)cc1. The second-order valence-electron chi connectivity index (χ2n) is 8.70. The predicted molar refractivity (Wildman–Crippen MR) is 130 cm³/mol. The average Bonchev–Trinajstić information content (AvgIpc) is 3.81. The zero-order valence-corrected chi connectivity index (χ0v) is 18.3. The molecule has 33 heavy (non-hydrogen) atoms. The summed E-state index contributed by atoms with van der Waals surface area (Å²) in [6.07, 6.45) is -0.0366. The Balaban J connectivity index is 1.23. The van der Waals surface area contributed by atoms with Crippen LogP contribution in [0.1, 0.15) is 23.3 Å². The molecular weight excluding hydrogens is 408 g/mol. The Morgan fingerprint density at radius 3 is 1.15 bits per heavy atom. The molecule has 4 atom stereocenters. The number of ether oxygens (including phenoxy) is 3. The van der Waals surface area contributed by atoms with Crippen LogP contribution in [0.2, 0.25) is 0 Å². The summed E-state index contributed by atoms with van der Waals surface area (Å²) in [6.45, 7) is 1.46. The predicted octanol–water partition coefficient (Wildman–Crippen LogP) is 6.62. The summed E-state index contributed by atoms with van der Waals surface area (Å²) < 4.78 is 18.1. The molecule has 0 aromatic heterocycles. The summed E-state index contributed by atoms with van der Waals surface area (Å²) in [7, 11) is 0. The van der Waals surface area contributed by atoms with Crippen molar-refractivity contribution in [2.24, 2.45) is 0 Å². The highest BCUT2D eigenvalue weighted by molar-refractivity contribution is 5.64. The third-order valence-electron chi connectivity index (χ3n) is 6.38. The van der Waals surface area contributed by atoms with E-state index in [0.717, 1.165) is 24.3 Å². The van der Waals surface area contributed by atoms with Gasteiger partial charge in [-0.25, -0.2) is 0 Å². The summed E-state index contributed by atoms with van der Waals surface area (Å²) >= 11 is 0. The van der Waals surface area contributed by atoms with Crippen molar-refractivity contribution in [1.82, 2.24) is 0 Å². The van der Waals surface area contributed by atoms with Gasteiger partial charge in [0.1, 0.15) is 24.4 Å². The van der Waals surface area contributed by atoms with Crippen molar-refractivity contribution < 1.29 is 14.2 Å². The monoisotopic (exact) mass is 434 g/mol. The molecule has 4 aromatic carbocycles. The molecule has 0 saturated carbocycles. The van der Waals surface area contributed by atoms with Crippen molar-refractivity contribution in [3.05, 3.63) is 120 Å².